The molecule has 19 heavy (non-hydrogen) atoms. The molecule has 1 spiro atoms. The molecule has 1 N–H and O–H groups in total. The highest BCUT2D eigenvalue weighted by atomic mass is 15.3. The van der Waals surface area contributed by atoms with Crippen molar-refractivity contribution in [2.24, 2.45) is 0 Å². The molecule has 0 aromatic rings. The molecule has 2 saturated carbocycles. The summed E-state index contributed by atoms with van der Waals surface area (Å²) in [5, 5.41) is 4.00. The van der Waals surface area contributed by atoms with Crippen LogP contribution in [0.15, 0.2) is 0 Å². The molecule has 1 heterocycles. The summed E-state index contributed by atoms with van der Waals surface area (Å²) >= 11 is 0. The lowest BCUT2D eigenvalue weighted by Crippen LogP contribution is -2.70. The summed E-state index contributed by atoms with van der Waals surface area (Å²) in [4.78, 5) is 2.97. The summed E-state index contributed by atoms with van der Waals surface area (Å²) in [5.74, 6) is 0. The zero-order chi connectivity index (χ0) is 13.3. The fraction of sp³-hybridized carbons (Fsp3) is 1.00. The highest BCUT2D eigenvalue weighted by Crippen LogP contribution is 2.41. The smallest absolute Gasteiger partial charge is 0.0332 e. The van der Waals surface area contributed by atoms with E-state index in [1.807, 2.05) is 0 Å². The number of nitrogens with zero attached hydrogens (tertiary/aromatic N) is 1. The minimum Gasteiger partial charge on any atom is -0.308 e. The molecule has 0 amide bonds. The van der Waals surface area contributed by atoms with Crippen molar-refractivity contribution in [1.29, 1.82) is 0 Å². The fourth-order valence-corrected chi connectivity index (χ4v) is 5.03. The SMILES string of the molecule is CCC1(CC)CNC2(CCCC2)CN1C1CCCC1. The first kappa shape index (κ1) is 13.9. The maximum Gasteiger partial charge on any atom is 0.0332 e. The van der Waals surface area contributed by atoms with Gasteiger partial charge >= 0.3 is 0 Å². The van der Waals surface area contributed by atoms with E-state index in [1.165, 1.54) is 77.3 Å². The molecule has 1 aliphatic heterocycles. The van der Waals surface area contributed by atoms with E-state index in [0.717, 1.165) is 6.04 Å². The average molecular weight is 264 g/mol. The van der Waals surface area contributed by atoms with Gasteiger partial charge in [-0.2, -0.15) is 0 Å². The van der Waals surface area contributed by atoms with Crippen LogP contribution in [0.25, 0.3) is 0 Å². The van der Waals surface area contributed by atoms with Gasteiger partial charge in [0.15, 0.2) is 0 Å². The van der Waals surface area contributed by atoms with E-state index in [1.54, 1.807) is 0 Å². The Morgan fingerprint density at radius 2 is 1.63 bits per heavy atom. The topological polar surface area (TPSA) is 15.3 Å². The van der Waals surface area contributed by atoms with Crippen LogP contribution in [-0.2, 0) is 0 Å². The Morgan fingerprint density at radius 1 is 1.00 bits per heavy atom. The number of rotatable bonds is 3. The van der Waals surface area contributed by atoms with E-state index in [2.05, 4.69) is 24.1 Å². The molecular weight excluding hydrogens is 232 g/mol. The molecule has 2 aliphatic carbocycles. The van der Waals surface area contributed by atoms with Gasteiger partial charge in [0.05, 0.1) is 0 Å². The molecule has 2 nitrogen and oxygen atoms in total. The van der Waals surface area contributed by atoms with E-state index < -0.39 is 0 Å². The predicted molar refractivity (Wildman–Crippen MR) is 81.5 cm³/mol. The molecule has 0 radical (unpaired) electrons. The van der Waals surface area contributed by atoms with E-state index in [4.69, 9.17) is 0 Å². The fourth-order valence-electron chi connectivity index (χ4n) is 5.03. The summed E-state index contributed by atoms with van der Waals surface area (Å²) < 4.78 is 0. The Labute approximate surface area is 119 Å². The molecule has 0 atom stereocenters. The van der Waals surface area contributed by atoms with Crippen molar-refractivity contribution in [2.75, 3.05) is 13.1 Å². The van der Waals surface area contributed by atoms with Gasteiger partial charge in [-0.05, 0) is 38.5 Å². The Balaban J connectivity index is 1.82. The lowest BCUT2D eigenvalue weighted by molar-refractivity contribution is -0.0299. The highest BCUT2D eigenvalue weighted by Gasteiger charge is 2.49. The zero-order valence-corrected chi connectivity index (χ0v) is 13.0. The number of hydrogen-bond donors (Lipinski definition) is 1. The first-order valence-corrected chi connectivity index (χ1v) is 8.75. The Kier molecular flexibility index (Phi) is 3.92. The standard InChI is InChI=1S/C17H32N2/c1-3-17(4-2)13-18-16(11-7-8-12-16)14-19(17)15-9-5-6-10-15/h15,18H,3-14H2,1-2H3. The molecule has 0 bridgehead atoms. The highest BCUT2D eigenvalue weighted by molar-refractivity contribution is 5.08. The molecular formula is C17H32N2. The van der Waals surface area contributed by atoms with Crippen LogP contribution in [0.3, 0.4) is 0 Å². The number of nitrogens with one attached hydrogen (secondary N) is 1. The second-order valence-corrected chi connectivity index (χ2v) is 7.34. The van der Waals surface area contributed by atoms with Gasteiger partial charge < -0.3 is 5.32 Å². The molecule has 3 fully saturated rings. The lowest BCUT2D eigenvalue weighted by Gasteiger charge is -2.56. The third-order valence-corrected chi connectivity index (χ3v) is 6.52. The Bertz CT molecular complexity index is 296. The van der Waals surface area contributed by atoms with Crippen LogP contribution in [0.5, 0.6) is 0 Å². The maximum absolute atomic E-state index is 4.00. The van der Waals surface area contributed by atoms with Crippen LogP contribution < -0.4 is 5.32 Å². The Morgan fingerprint density at radius 3 is 2.21 bits per heavy atom. The average Bonchev–Trinajstić information content (AvgIpc) is 3.11. The van der Waals surface area contributed by atoms with Crippen LogP contribution in [0.2, 0.25) is 0 Å². The van der Waals surface area contributed by atoms with Gasteiger partial charge in [0.2, 0.25) is 0 Å². The van der Waals surface area contributed by atoms with Gasteiger partial charge in [-0.3, -0.25) is 4.90 Å². The van der Waals surface area contributed by atoms with Crippen molar-refractivity contribution in [2.45, 2.75) is 95.2 Å². The molecule has 3 aliphatic rings. The number of hydrogen-bond acceptors (Lipinski definition) is 2. The van der Waals surface area contributed by atoms with Crippen LogP contribution in [0.4, 0.5) is 0 Å². The summed E-state index contributed by atoms with van der Waals surface area (Å²) in [6.45, 7) is 7.37. The molecule has 0 aromatic heterocycles. The molecule has 0 unspecified atom stereocenters. The second kappa shape index (κ2) is 5.37. The zero-order valence-electron chi connectivity index (χ0n) is 13.0. The van der Waals surface area contributed by atoms with E-state index in [-0.39, 0.29) is 0 Å². The van der Waals surface area contributed by atoms with Gasteiger partial charge in [0.1, 0.15) is 0 Å². The van der Waals surface area contributed by atoms with E-state index in [0.29, 0.717) is 11.1 Å². The third-order valence-electron chi connectivity index (χ3n) is 6.52. The van der Waals surface area contributed by atoms with Gasteiger partial charge in [-0.15, -0.1) is 0 Å². The van der Waals surface area contributed by atoms with Crippen LogP contribution in [-0.4, -0.2) is 35.1 Å². The lowest BCUT2D eigenvalue weighted by atomic mass is 9.80. The Hall–Kier alpha value is -0.0800. The van der Waals surface area contributed by atoms with Gasteiger partial charge in [-0.1, -0.05) is 39.5 Å². The van der Waals surface area contributed by atoms with Crippen LogP contribution in [0, 0.1) is 0 Å². The van der Waals surface area contributed by atoms with Crippen molar-refractivity contribution in [3.8, 4) is 0 Å². The molecule has 110 valence electrons. The van der Waals surface area contributed by atoms with E-state index in [9.17, 15) is 0 Å². The molecule has 0 aromatic carbocycles. The summed E-state index contributed by atoms with van der Waals surface area (Å²) in [7, 11) is 0. The van der Waals surface area contributed by atoms with Crippen molar-refractivity contribution in [3.05, 3.63) is 0 Å². The van der Waals surface area contributed by atoms with Crippen molar-refractivity contribution in [1.82, 2.24) is 10.2 Å². The molecule has 2 heteroatoms. The van der Waals surface area contributed by atoms with Gasteiger partial charge in [0.25, 0.3) is 0 Å². The first-order chi connectivity index (χ1) is 9.24. The minimum absolute atomic E-state index is 0.447. The van der Waals surface area contributed by atoms with Crippen LogP contribution in [0.1, 0.15) is 78.1 Å². The second-order valence-electron chi connectivity index (χ2n) is 7.34. The monoisotopic (exact) mass is 264 g/mol. The molecule has 3 rings (SSSR count). The third kappa shape index (κ3) is 2.35. The quantitative estimate of drug-likeness (QED) is 0.836. The largest absolute Gasteiger partial charge is 0.308 e. The predicted octanol–water partition coefficient (Wildman–Crippen LogP) is 3.71. The number of piperazine rings is 1. The van der Waals surface area contributed by atoms with Crippen molar-refractivity contribution < 1.29 is 0 Å². The summed E-state index contributed by atoms with van der Waals surface area (Å²) in [6.07, 6.45) is 14.2. The summed E-state index contributed by atoms with van der Waals surface area (Å²) in [6, 6.07) is 0.888. The van der Waals surface area contributed by atoms with Gasteiger partial charge in [0, 0.05) is 30.2 Å². The van der Waals surface area contributed by atoms with Crippen LogP contribution >= 0.6 is 0 Å². The van der Waals surface area contributed by atoms with Crippen molar-refractivity contribution >= 4 is 0 Å². The first-order valence-electron chi connectivity index (χ1n) is 8.75. The normalized spacial score (nSPS) is 31.3. The summed E-state index contributed by atoms with van der Waals surface area (Å²) in [5.41, 5.74) is 0.930. The molecule has 1 saturated heterocycles. The van der Waals surface area contributed by atoms with Gasteiger partial charge in [-0.25, -0.2) is 0 Å². The van der Waals surface area contributed by atoms with Crippen molar-refractivity contribution in [3.63, 3.8) is 0 Å². The maximum atomic E-state index is 4.00. The minimum atomic E-state index is 0.447. The van der Waals surface area contributed by atoms with E-state index >= 15 is 0 Å².